The average Bonchev–Trinajstić information content (AvgIpc) is 2.42. The Hall–Kier alpha value is -0.350. The molecule has 0 spiro atoms. The van der Waals surface area contributed by atoms with Crippen LogP contribution in [0.5, 0.6) is 0 Å². The van der Waals surface area contributed by atoms with E-state index >= 15 is 0 Å². The summed E-state index contributed by atoms with van der Waals surface area (Å²) in [7, 11) is -3.78. The van der Waals surface area contributed by atoms with Gasteiger partial charge >= 0.3 is 0 Å². The molecule has 0 aromatic heterocycles. The van der Waals surface area contributed by atoms with Crippen molar-refractivity contribution in [2.45, 2.75) is 18.1 Å². The van der Waals surface area contributed by atoms with Crippen LogP contribution in [0.15, 0.2) is 12.2 Å². The van der Waals surface area contributed by atoms with E-state index < -0.39 is 15.4 Å². The molecular formula is C7H10O3S. The maximum Gasteiger partial charge on any atom is 0.268 e. The molecule has 11 heavy (non-hydrogen) atoms. The standard InChI is InChI=1S/C7H10O3S/c8-11(9,10)7-4-5-1-2-6(7)3-5/h1-2,5-7H,3-4H2,(H,8,9,10). The van der Waals surface area contributed by atoms with Crippen LogP contribution in [0.3, 0.4) is 0 Å². The number of fused-ring (bicyclic) bond motifs is 2. The first-order valence-electron chi connectivity index (χ1n) is 3.72. The van der Waals surface area contributed by atoms with Crippen molar-refractivity contribution in [3.05, 3.63) is 12.2 Å². The van der Waals surface area contributed by atoms with Crippen molar-refractivity contribution >= 4 is 10.1 Å². The Labute approximate surface area is 65.9 Å². The zero-order valence-corrected chi connectivity index (χ0v) is 6.79. The third kappa shape index (κ3) is 1.10. The summed E-state index contributed by atoms with van der Waals surface area (Å²) in [5, 5.41) is -0.516. The minimum absolute atomic E-state index is 0.0787. The van der Waals surface area contributed by atoms with Gasteiger partial charge in [-0.25, -0.2) is 0 Å². The summed E-state index contributed by atoms with van der Waals surface area (Å²) in [6, 6.07) is 0. The summed E-state index contributed by atoms with van der Waals surface area (Å²) in [5.41, 5.74) is 0. The Kier molecular flexibility index (Phi) is 1.38. The molecule has 4 heteroatoms. The summed E-state index contributed by atoms with van der Waals surface area (Å²) in [5.74, 6) is 0.474. The van der Waals surface area contributed by atoms with Gasteiger partial charge < -0.3 is 0 Å². The lowest BCUT2D eigenvalue weighted by molar-refractivity contribution is 0.455. The highest BCUT2D eigenvalue weighted by Crippen LogP contribution is 2.41. The van der Waals surface area contributed by atoms with Crippen LogP contribution in [0, 0.1) is 11.8 Å². The monoisotopic (exact) mass is 174 g/mol. The van der Waals surface area contributed by atoms with Gasteiger partial charge in [-0.2, -0.15) is 8.42 Å². The first-order chi connectivity index (χ1) is 5.07. The molecule has 62 valence electrons. The van der Waals surface area contributed by atoms with Crippen LogP contribution < -0.4 is 0 Å². The molecule has 3 atom stereocenters. The molecule has 2 bridgehead atoms. The van der Waals surface area contributed by atoms with E-state index in [0.717, 1.165) is 6.42 Å². The summed E-state index contributed by atoms with van der Waals surface area (Å²) in [4.78, 5) is 0. The summed E-state index contributed by atoms with van der Waals surface area (Å²) in [6.07, 6.45) is 5.48. The van der Waals surface area contributed by atoms with Gasteiger partial charge in [0.05, 0.1) is 5.25 Å². The smallest absolute Gasteiger partial charge is 0.268 e. The molecule has 0 saturated heterocycles. The van der Waals surface area contributed by atoms with Gasteiger partial charge in [0.15, 0.2) is 0 Å². The SMILES string of the molecule is O=S(=O)(O)C1CC2C=CC1C2. The van der Waals surface area contributed by atoms with Crippen molar-refractivity contribution in [3.63, 3.8) is 0 Å². The average molecular weight is 174 g/mol. The van der Waals surface area contributed by atoms with Crippen molar-refractivity contribution in [1.29, 1.82) is 0 Å². The zero-order valence-electron chi connectivity index (χ0n) is 5.97. The van der Waals surface area contributed by atoms with Gasteiger partial charge in [0.1, 0.15) is 0 Å². The molecule has 1 fully saturated rings. The predicted octanol–water partition coefficient (Wildman–Crippen LogP) is 0.839. The first kappa shape index (κ1) is 7.31. The van der Waals surface area contributed by atoms with Gasteiger partial charge in [0, 0.05) is 0 Å². The van der Waals surface area contributed by atoms with E-state index in [9.17, 15) is 8.42 Å². The van der Waals surface area contributed by atoms with Crippen LogP contribution in [0.2, 0.25) is 0 Å². The maximum absolute atomic E-state index is 10.7. The van der Waals surface area contributed by atoms with Gasteiger partial charge in [-0.1, -0.05) is 12.2 Å². The van der Waals surface area contributed by atoms with Gasteiger partial charge in [0.2, 0.25) is 0 Å². The lowest BCUT2D eigenvalue weighted by Crippen LogP contribution is -2.24. The fourth-order valence-electron chi connectivity index (χ4n) is 2.07. The molecule has 2 aliphatic rings. The lowest BCUT2D eigenvalue weighted by Gasteiger charge is -2.13. The second-order valence-electron chi connectivity index (χ2n) is 3.33. The minimum Gasteiger partial charge on any atom is -0.285 e. The Morgan fingerprint density at radius 1 is 1.27 bits per heavy atom. The molecule has 1 saturated carbocycles. The number of hydrogen-bond donors (Lipinski definition) is 1. The van der Waals surface area contributed by atoms with Crippen LogP contribution in [0.1, 0.15) is 12.8 Å². The number of rotatable bonds is 1. The molecule has 0 aromatic carbocycles. The van der Waals surface area contributed by atoms with Crippen LogP contribution in [0.4, 0.5) is 0 Å². The Balaban J connectivity index is 2.28. The van der Waals surface area contributed by atoms with Crippen molar-refractivity contribution in [3.8, 4) is 0 Å². The van der Waals surface area contributed by atoms with Crippen LogP contribution in [0.25, 0.3) is 0 Å². The van der Waals surface area contributed by atoms with Crippen molar-refractivity contribution in [2.75, 3.05) is 0 Å². The summed E-state index contributed by atoms with van der Waals surface area (Å²) < 4.78 is 30.3. The fourth-order valence-corrected chi connectivity index (χ4v) is 3.21. The molecule has 2 aliphatic carbocycles. The van der Waals surface area contributed by atoms with Crippen LogP contribution in [-0.2, 0) is 10.1 Å². The highest BCUT2D eigenvalue weighted by atomic mass is 32.2. The van der Waals surface area contributed by atoms with Crippen molar-refractivity contribution < 1.29 is 13.0 Å². The van der Waals surface area contributed by atoms with E-state index in [1.54, 1.807) is 0 Å². The zero-order chi connectivity index (χ0) is 8.06. The highest BCUT2D eigenvalue weighted by Gasteiger charge is 2.42. The van der Waals surface area contributed by atoms with E-state index in [1.807, 2.05) is 12.2 Å². The normalized spacial score (nSPS) is 41.7. The van der Waals surface area contributed by atoms with E-state index in [1.165, 1.54) is 0 Å². The maximum atomic E-state index is 10.7. The molecule has 3 nitrogen and oxygen atoms in total. The lowest BCUT2D eigenvalue weighted by atomic mass is 10.1. The molecule has 0 aliphatic heterocycles. The van der Waals surface area contributed by atoms with Crippen LogP contribution in [-0.4, -0.2) is 18.2 Å². The number of allylic oxidation sites excluding steroid dienone is 2. The second-order valence-corrected chi connectivity index (χ2v) is 4.97. The van der Waals surface area contributed by atoms with Gasteiger partial charge in [-0.15, -0.1) is 0 Å². The molecule has 0 radical (unpaired) electrons. The minimum atomic E-state index is -3.78. The first-order valence-corrected chi connectivity index (χ1v) is 5.22. The highest BCUT2D eigenvalue weighted by molar-refractivity contribution is 7.86. The quantitative estimate of drug-likeness (QED) is 0.473. The van der Waals surface area contributed by atoms with Gasteiger partial charge in [0.25, 0.3) is 10.1 Å². The third-order valence-corrected chi connectivity index (χ3v) is 3.91. The topological polar surface area (TPSA) is 54.4 Å². The number of hydrogen-bond acceptors (Lipinski definition) is 2. The van der Waals surface area contributed by atoms with Crippen molar-refractivity contribution in [2.24, 2.45) is 11.8 Å². The predicted molar refractivity (Wildman–Crippen MR) is 40.7 cm³/mol. The van der Waals surface area contributed by atoms with Crippen molar-refractivity contribution in [1.82, 2.24) is 0 Å². The third-order valence-electron chi connectivity index (χ3n) is 2.60. The molecule has 3 unspecified atom stereocenters. The second kappa shape index (κ2) is 2.08. The largest absolute Gasteiger partial charge is 0.285 e. The van der Waals surface area contributed by atoms with E-state index in [4.69, 9.17) is 4.55 Å². The van der Waals surface area contributed by atoms with Crippen LogP contribution >= 0.6 is 0 Å². The van der Waals surface area contributed by atoms with E-state index in [0.29, 0.717) is 12.3 Å². The molecule has 2 rings (SSSR count). The molecule has 0 amide bonds. The van der Waals surface area contributed by atoms with Gasteiger partial charge in [-0.05, 0) is 24.7 Å². The van der Waals surface area contributed by atoms with Gasteiger partial charge in [-0.3, -0.25) is 4.55 Å². The Morgan fingerprint density at radius 2 is 2.00 bits per heavy atom. The molecular weight excluding hydrogens is 164 g/mol. The Bertz CT molecular complexity index is 291. The molecule has 1 N–H and O–H groups in total. The van der Waals surface area contributed by atoms with E-state index in [-0.39, 0.29) is 5.92 Å². The molecule has 0 aromatic rings. The molecule has 0 heterocycles. The Morgan fingerprint density at radius 3 is 2.27 bits per heavy atom. The fraction of sp³-hybridized carbons (Fsp3) is 0.714. The summed E-state index contributed by atoms with van der Waals surface area (Å²) in [6.45, 7) is 0. The summed E-state index contributed by atoms with van der Waals surface area (Å²) >= 11 is 0. The van der Waals surface area contributed by atoms with E-state index in [2.05, 4.69) is 0 Å².